The van der Waals surface area contributed by atoms with Gasteiger partial charge in [0.1, 0.15) is 5.82 Å². The molecule has 1 aliphatic rings. The van der Waals surface area contributed by atoms with E-state index in [-0.39, 0.29) is 5.82 Å². The summed E-state index contributed by atoms with van der Waals surface area (Å²) in [4.78, 5) is 6.80. The van der Waals surface area contributed by atoms with Gasteiger partial charge in [-0.3, -0.25) is 4.98 Å². The van der Waals surface area contributed by atoms with Gasteiger partial charge in [0, 0.05) is 42.5 Å². The zero-order chi connectivity index (χ0) is 17.8. The molecular formula is C22H24FN3. The maximum atomic E-state index is 14.4. The monoisotopic (exact) mass is 349 g/mol. The van der Waals surface area contributed by atoms with Crippen LogP contribution >= 0.6 is 0 Å². The molecule has 0 spiro atoms. The molecule has 134 valence electrons. The molecule has 4 rings (SSSR count). The Morgan fingerprint density at radius 1 is 1.00 bits per heavy atom. The van der Waals surface area contributed by atoms with E-state index in [0.29, 0.717) is 6.54 Å². The number of benzene rings is 2. The number of anilines is 1. The minimum atomic E-state index is -0.117. The topological polar surface area (TPSA) is 28.2 Å². The van der Waals surface area contributed by atoms with Crippen molar-refractivity contribution in [1.82, 2.24) is 10.3 Å². The molecule has 1 aliphatic heterocycles. The van der Waals surface area contributed by atoms with Crippen LogP contribution in [-0.2, 0) is 13.0 Å². The summed E-state index contributed by atoms with van der Waals surface area (Å²) in [5, 5.41) is 4.59. The van der Waals surface area contributed by atoms with Gasteiger partial charge in [-0.1, -0.05) is 30.3 Å². The predicted octanol–water partition coefficient (Wildman–Crippen LogP) is 4.31. The fraction of sp³-hybridized carbons (Fsp3) is 0.318. The zero-order valence-corrected chi connectivity index (χ0v) is 14.9. The number of hydrogen-bond acceptors (Lipinski definition) is 3. The molecule has 0 radical (unpaired) electrons. The number of para-hydroxylation sites is 1. The minimum absolute atomic E-state index is 0.117. The van der Waals surface area contributed by atoms with E-state index < -0.39 is 0 Å². The normalized spacial score (nSPS) is 14.3. The van der Waals surface area contributed by atoms with Crippen molar-refractivity contribution >= 4 is 16.6 Å². The van der Waals surface area contributed by atoms with Crippen LogP contribution in [0.3, 0.4) is 0 Å². The summed E-state index contributed by atoms with van der Waals surface area (Å²) in [5.74, 6) is -0.117. The highest BCUT2D eigenvalue weighted by Crippen LogP contribution is 2.26. The number of aromatic nitrogens is 1. The molecule has 0 aliphatic carbocycles. The third-order valence-electron chi connectivity index (χ3n) is 5.13. The van der Waals surface area contributed by atoms with Crippen molar-refractivity contribution < 1.29 is 4.39 Å². The lowest BCUT2D eigenvalue weighted by molar-refractivity contribution is 0.587. The molecule has 0 amide bonds. The highest BCUT2D eigenvalue weighted by atomic mass is 19.1. The second-order valence-electron chi connectivity index (χ2n) is 6.85. The highest BCUT2D eigenvalue weighted by Gasteiger charge is 2.17. The summed E-state index contributed by atoms with van der Waals surface area (Å²) < 4.78 is 14.4. The molecule has 26 heavy (non-hydrogen) atoms. The lowest BCUT2D eigenvalue weighted by Gasteiger charge is -2.22. The second-order valence-corrected chi connectivity index (χ2v) is 6.85. The van der Waals surface area contributed by atoms with Crippen molar-refractivity contribution in [2.75, 3.05) is 24.5 Å². The van der Waals surface area contributed by atoms with Gasteiger partial charge in [0.15, 0.2) is 0 Å². The van der Waals surface area contributed by atoms with Crippen molar-refractivity contribution in [1.29, 1.82) is 0 Å². The molecule has 0 unspecified atom stereocenters. The number of fused-ring (bicyclic) bond motifs is 1. The summed E-state index contributed by atoms with van der Waals surface area (Å²) >= 11 is 0. The van der Waals surface area contributed by atoms with Crippen LogP contribution in [0, 0.1) is 5.82 Å². The fourth-order valence-corrected chi connectivity index (χ4v) is 3.78. The number of rotatable bonds is 6. The summed E-state index contributed by atoms with van der Waals surface area (Å²) in [6.07, 6.45) is 5.09. The van der Waals surface area contributed by atoms with Gasteiger partial charge >= 0.3 is 0 Å². The van der Waals surface area contributed by atoms with Gasteiger partial charge in [0.2, 0.25) is 0 Å². The molecule has 2 heterocycles. The number of hydrogen-bond donors (Lipinski definition) is 1. The van der Waals surface area contributed by atoms with Crippen molar-refractivity contribution in [2.45, 2.75) is 25.8 Å². The van der Waals surface area contributed by atoms with E-state index in [2.05, 4.69) is 39.5 Å². The molecule has 0 atom stereocenters. The maximum Gasteiger partial charge on any atom is 0.129 e. The van der Waals surface area contributed by atoms with Crippen LogP contribution < -0.4 is 10.2 Å². The van der Waals surface area contributed by atoms with Crippen molar-refractivity contribution in [3.63, 3.8) is 0 Å². The molecule has 2 aromatic carbocycles. The van der Waals surface area contributed by atoms with Crippen LogP contribution in [0.15, 0.2) is 54.7 Å². The smallest absolute Gasteiger partial charge is 0.129 e. The molecule has 1 fully saturated rings. The minimum Gasteiger partial charge on any atom is -0.371 e. The van der Waals surface area contributed by atoms with Gasteiger partial charge in [0.25, 0.3) is 0 Å². The van der Waals surface area contributed by atoms with E-state index in [1.807, 2.05) is 24.4 Å². The molecule has 1 N–H and O–H groups in total. The molecule has 0 bridgehead atoms. The Labute approximate surface area is 153 Å². The Bertz CT molecular complexity index is 882. The average molecular weight is 349 g/mol. The van der Waals surface area contributed by atoms with E-state index in [0.717, 1.165) is 48.2 Å². The van der Waals surface area contributed by atoms with E-state index in [1.165, 1.54) is 18.4 Å². The summed E-state index contributed by atoms with van der Waals surface area (Å²) in [6, 6.07) is 15.7. The molecule has 0 saturated carbocycles. The number of pyridine rings is 1. The fourth-order valence-electron chi connectivity index (χ4n) is 3.78. The van der Waals surface area contributed by atoms with E-state index in [9.17, 15) is 4.39 Å². The van der Waals surface area contributed by atoms with Crippen LogP contribution in [0.25, 0.3) is 10.9 Å². The summed E-state index contributed by atoms with van der Waals surface area (Å²) in [5.41, 5.74) is 4.11. The van der Waals surface area contributed by atoms with E-state index in [4.69, 9.17) is 0 Å². The Hall–Kier alpha value is -2.46. The van der Waals surface area contributed by atoms with Crippen molar-refractivity contribution in [2.24, 2.45) is 0 Å². The van der Waals surface area contributed by atoms with E-state index >= 15 is 0 Å². The molecular weight excluding hydrogens is 325 g/mol. The van der Waals surface area contributed by atoms with Gasteiger partial charge in [-0.05, 0) is 49.6 Å². The van der Waals surface area contributed by atoms with Gasteiger partial charge in [0.05, 0.1) is 5.52 Å². The largest absolute Gasteiger partial charge is 0.371 e. The van der Waals surface area contributed by atoms with Gasteiger partial charge < -0.3 is 10.2 Å². The number of nitrogens with zero attached hydrogens (tertiary/aromatic N) is 2. The first-order valence-electron chi connectivity index (χ1n) is 9.38. The lowest BCUT2D eigenvalue weighted by atomic mass is 10.1. The third kappa shape index (κ3) is 3.56. The van der Waals surface area contributed by atoms with Crippen LogP contribution in [0.4, 0.5) is 10.1 Å². The molecule has 1 saturated heterocycles. The quantitative estimate of drug-likeness (QED) is 0.672. The molecule has 1 aromatic heterocycles. The van der Waals surface area contributed by atoms with Crippen LogP contribution in [0.1, 0.15) is 24.0 Å². The lowest BCUT2D eigenvalue weighted by Crippen LogP contribution is -2.23. The van der Waals surface area contributed by atoms with Crippen molar-refractivity contribution in [3.05, 3.63) is 71.7 Å². The van der Waals surface area contributed by atoms with Gasteiger partial charge in [-0.2, -0.15) is 0 Å². The molecule has 3 aromatic rings. The van der Waals surface area contributed by atoms with E-state index in [1.54, 1.807) is 6.07 Å². The Morgan fingerprint density at radius 3 is 2.69 bits per heavy atom. The van der Waals surface area contributed by atoms with Crippen LogP contribution in [0.5, 0.6) is 0 Å². The first kappa shape index (κ1) is 17.0. The zero-order valence-electron chi connectivity index (χ0n) is 14.9. The standard InChI is InChI=1S/C22H24FN3/c23-20-9-4-10-21(26-14-1-2-15-26)19(20)16-24-13-11-18-7-3-6-17-8-5-12-25-22(17)18/h3-10,12,24H,1-2,11,13-16H2. The predicted molar refractivity (Wildman–Crippen MR) is 105 cm³/mol. The molecule has 4 heteroatoms. The Morgan fingerprint density at radius 2 is 1.81 bits per heavy atom. The molecule has 3 nitrogen and oxygen atoms in total. The highest BCUT2D eigenvalue weighted by molar-refractivity contribution is 5.81. The Balaban J connectivity index is 1.42. The SMILES string of the molecule is Fc1cccc(N2CCCC2)c1CNCCc1cccc2cccnc12. The first-order valence-corrected chi connectivity index (χ1v) is 9.38. The van der Waals surface area contributed by atoms with Gasteiger partial charge in [-0.15, -0.1) is 0 Å². The maximum absolute atomic E-state index is 14.4. The van der Waals surface area contributed by atoms with Crippen molar-refractivity contribution in [3.8, 4) is 0 Å². The third-order valence-corrected chi connectivity index (χ3v) is 5.13. The summed E-state index contributed by atoms with van der Waals surface area (Å²) in [6.45, 7) is 3.40. The second kappa shape index (κ2) is 7.83. The Kier molecular flexibility index (Phi) is 5.12. The number of halogens is 1. The number of nitrogens with one attached hydrogen (secondary N) is 1. The van der Waals surface area contributed by atoms with Crippen LogP contribution in [0.2, 0.25) is 0 Å². The average Bonchev–Trinajstić information content (AvgIpc) is 3.21. The first-order chi connectivity index (χ1) is 12.8. The van der Waals surface area contributed by atoms with Gasteiger partial charge in [-0.25, -0.2) is 4.39 Å². The summed E-state index contributed by atoms with van der Waals surface area (Å²) in [7, 11) is 0. The van der Waals surface area contributed by atoms with Crippen LogP contribution in [-0.4, -0.2) is 24.6 Å².